The van der Waals surface area contributed by atoms with Crippen LogP contribution in [-0.2, 0) is 16.1 Å². The number of hydrogen-bond donors (Lipinski definition) is 1. The normalized spacial score (nSPS) is 20.1. The smallest absolute Gasteiger partial charge is 0.126 e. The Labute approximate surface area is 188 Å². The van der Waals surface area contributed by atoms with Crippen molar-refractivity contribution in [3.8, 4) is 5.75 Å². The van der Waals surface area contributed by atoms with Crippen molar-refractivity contribution in [2.24, 2.45) is 9.78 Å². The SMILES string of the molecule is Cc1cc(N=S(C)(C)=O)cc2ncnc(Cc3ccc(F)cc3OC3CC(O)C3(C)C)c12. The fourth-order valence-corrected chi connectivity index (χ4v) is 4.69. The van der Waals surface area contributed by atoms with E-state index in [0.29, 0.717) is 29.8 Å². The van der Waals surface area contributed by atoms with Gasteiger partial charge in [0.25, 0.3) is 0 Å². The third-order valence-electron chi connectivity index (χ3n) is 6.11. The number of fused-ring (bicyclic) bond motifs is 1. The van der Waals surface area contributed by atoms with Gasteiger partial charge in [0.2, 0.25) is 0 Å². The van der Waals surface area contributed by atoms with Gasteiger partial charge in [-0.3, -0.25) is 0 Å². The Morgan fingerprint density at radius 2 is 2.00 bits per heavy atom. The van der Waals surface area contributed by atoms with Crippen molar-refractivity contribution in [2.45, 2.75) is 45.8 Å². The molecule has 0 radical (unpaired) electrons. The topological polar surface area (TPSA) is 84.7 Å². The van der Waals surface area contributed by atoms with Crippen LogP contribution in [0.25, 0.3) is 10.9 Å². The van der Waals surface area contributed by atoms with Gasteiger partial charge in [-0.05, 0) is 30.7 Å². The lowest BCUT2D eigenvalue weighted by Crippen LogP contribution is -2.56. The molecule has 4 rings (SSSR count). The molecule has 0 saturated heterocycles. The highest BCUT2D eigenvalue weighted by atomic mass is 32.2. The first-order valence-electron chi connectivity index (χ1n) is 10.5. The number of aliphatic hydroxyl groups excluding tert-OH is 1. The van der Waals surface area contributed by atoms with Gasteiger partial charge in [0, 0.05) is 57.5 Å². The van der Waals surface area contributed by atoms with Crippen molar-refractivity contribution in [3.05, 3.63) is 59.3 Å². The summed E-state index contributed by atoms with van der Waals surface area (Å²) in [5.74, 6) is 0.0850. The molecule has 2 atom stereocenters. The van der Waals surface area contributed by atoms with Crippen molar-refractivity contribution in [1.29, 1.82) is 0 Å². The van der Waals surface area contributed by atoms with E-state index in [4.69, 9.17) is 4.74 Å². The van der Waals surface area contributed by atoms with E-state index < -0.39 is 15.8 Å². The first-order chi connectivity index (χ1) is 14.9. The largest absolute Gasteiger partial charge is 0.489 e. The van der Waals surface area contributed by atoms with E-state index in [1.54, 1.807) is 24.6 Å². The van der Waals surface area contributed by atoms with Gasteiger partial charge in [-0.2, -0.15) is 4.36 Å². The Morgan fingerprint density at radius 3 is 2.66 bits per heavy atom. The van der Waals surface area contributed by atoms with Crippen molar-refractivity contribution in [1.82, 2.24) is 9.97 Å². The van der Waals surface area contributed by atoms with Gasteiger partial charge < -0.3 is 9.84 Å². The highest BCUT2D eigenvalue weighted by Crippen LogP contribution is 2.43. The lowest BCUT2D eigenvalue weighted by atomic mass is 9.66. The summed E-state index contributed by atoms with van der Waals surface area (Å²) in [6.45, 7) is 5.83. The van der Waals surface area contributed by atoms with E-state index >= 15 is 0 Å². The highest BCUT2D eigenvalue weighted by Gasteiger charge is 2.49. The summed E-state index contributed by atoms with van der Waals surface area (Å²) in [4.78, 5) is 8.88. The average Bonchev–Trinajstić information content (AvgIpc) is 2.68. The molecule has 3 aromatic rings. The zero-order valence-corrected chi connectivity index (χ0v) is 19.7. The molecule has 0 spiro atoms. The molecular weight excluding hydrogens is 429 g/mol. The van der Waals surface area contributed by atoms with Gasteiger partial charge in [0.1, 0.15) is 24.0 Å². The van der Waals surface area contributed by atoms with Gasteiger partial charge in [0.05, 0.1) is 23.0 Å². The van der Waals surface area contributed by atoms with E-state index in [2.05, 4.69) is 14.3 Å². The standard InChI is InChI=1S/C24H28FN3O3S/c1-14-8-17(28-32(4,5)30)11-19-23(14)18(26-13-27-19)9-15-6-7-16(25)10-20(15)31-22-12-21(29)24(22,2)3/h6-8,10-11,13,21-22,29H,9,12H2,1-5H3. The second-order valence-electron chi connectivity index (χ2n) is 9.36. The van der Waals surface area contributed by atoms with Crippen LogP contribution in [0.5, 0.6) is 5.75 Å². The van der Waals surface area contributed by atoms with Crippen LogP contribution >= 0.6 is 0 Å². The molecule has 0 bridgehead atoms. The number of benzene rings is 2. The number of halogens is 1. The fraction of sp³-hybridized carbons (Fsp3) is 0.417. The third kappa shape index (κ3) is 4.47. The predicted octanol–water partition coefficient (Wildman–Crippen LogP) is 4.57. The zero-order chi connectivity index (χ0) is 23.3. The molecule has 6 nitrogen and oxygen atoms in total. The van der Waals surface area contributed by atoms with Crippen LogP contribution in [0, 0.1) is 18.2 Å². The maximum atomic E-state index is 14.0. The van der Waals surface area contributed by atoms with Crippen LogP contribution in [0.4, 0.5) is 10.1 Å². The van der Waals surface area contributed by atoms with Crippen molar-refractivity contribution < 1.29 is 18.4 Å². The molecule has 1 aliphatic rings. The van der Waals surface area contributed by atoms with Crippen LogP contribution in [0.1, 0.15) is 37.1 Å². The quantitative estimate of drug-likeness (QED) is 0.607. The van der Waals surface area contributed by atoms with Gasteiger partial charge >= 0.3 is 0 Å². The average molecular weight is 458 g/mol. The number of aromatic nitrogens is 2. The van der Waals surface area contributed by atoms with E-state index in [0.717, 1.165) is 22.2 Å². The van der Waals surface area contributed by atoms with Crippen LogP contribution in [-0.4, -0.2) is 44.0 Å². The minimum Gasteiger partial charge on any atom is -0.489 e. The molecule has 0 amide bonds. The van der Waals surface area contributed by atoms with Crippen LogP contribution in [0.2, 0.25) is 0 Å². The van der Waals surface area contributed by atoms with E-state index in [-0.39, 0.29) is 17.3 Å². The first-order valence-corrected chi connectivity index (χ1v) is 12.8. The lowest BCUT2D eigenvalue weighted by molar-refractivity contribution is -0.134. The Bertz CT molecular complexity index is 1310. The molecule has 1 heterocycles. The minimum absolute atomic E-state index is 0.191. The van der Waals surface area contributed by atoms with Crippen LogP contribution in [0.15, 0.2) is 41.0 Å². The molecule has 2 aromatic carbocycles. The number of aryl methyl sites for hydroxylation is 1. The Hall–Kier alpha value is -2.58. The van der Waals surface area contributed by atoms with Crippen molar-refractivity contribution in [2.75, 3.05) is 12.5 Å². The number of hydrogen-bond acceptors (Lipinski definition) is 6. The summed E-state index contributed by atoms with van der Waals surface area (Å²) in [7, 11) is -2.29. The molecule has 8 heteroatoms. The van der Waals surface area contributed by atoms with Gasteiger partial charge in [-0.1, -0.05) is 19.9 Å². The van der Waals surface area contributed by atoms with Gasteiger partial charge in [0.15, 0.2) is 0 Å². The summed E-state index contributed by atoms with van der Waals surface area (Å²) in [5, 5.41) is 10.9. The monoisotopic (exact) mass is 457 g/mol. The second-order valence-corrected chi connectivity index (χ2v) is 11.9. The molecule has 2 unspecified atom stereocenters. The van der Waals surface area contributed by atoms with Gasteiger partial charge in [-0.15, -0.1) is 0 Å². The minimum atomic E-state index is -2.29. The first kappa shape index (κ1) is 22.6. The maximum Gasteiger partial charge on any atom is 0.126 e. The lowest BCUT2D eigenvalue weighted by Gasteiger charge is -2.48. The number of ether oxygens (including phenoxy) is 1. The molecule has 0 aliphatic heterocycles. The molecule has 1 N–H and O–H groups in total. The van der Waals surface area contributed by atoms with E-state index in [9.17, 15) is 13.7 Å². The maximum absolute atomic E-state index is 14.0. The van der Waals surface area contributed by atoms with E-state index in [1.165, 1.54) is 18.5 Å². The van der Waals surface area contributed by atoms with Crippen LogP contribution < -0.4 is 4.74 Å². The third-order valence-corrected chi connectivity index (χ3v) is 6.76. The molecule has 1 aromatic heterocycles. The van der Waals surface area contributed by atoms with Crippen LogP contribution in [0.3, 0.4) is 0 Å². The molecule has 1 aliphatic carbocycles. The molecule has 170 valence electrons. The Balaban J connectivity index is 1.72. The Morgan fingerprint density at radius 1 is 1.25 bits per heavy atom. The van der Waals surface area contributed by atoms with Crippen molar-refractivity contribution >= 4 is 26.3 Å². The zero-order valence-electron chi connectivity index (χ0n) is 18.9. The highest BCUT2D eigenvalue weighted by molar-refractivity contribution is 7.92. The predicted molar refractivity (Wildman–Crippen MR) is 124 cm³/mol. The summed E-state index contributed by atoms with van der Waals surface area (Å²) < 4.78 is 36.6. The number of rotatable bonds is 5. The fourth-order valence-electron chi connectivity index (χ4n) is 4.08. The summed E-state index contributed by atoms with van der Waals surface area (Å²) >= 11 is 0. The Kier molecular flexibility index (Phi) is 5.71. The summed E-state index contributed by atoms with van der Waals surface area (Å²) in [5.41, 5.74) is 3.46. The molecule has 1 saturated carbocycles. The number of nitrogens with zero attached hydrogens (tertiary/aromatic N) is 3. The summed E-state index contributed by atoms with van der Waals surface area (Å²) in [6.07, 6.45) is 5.00. The molecule has 1 fully saturated rings. The van der Waals surface area contributed by atoms with Crippen molar-refractivity contribution in [3.63, 3.8) is 0 Å². The molecular formula is C24H28FN3O3S. The molecule has 32 heavy (non-hydrogen) atoms. The summed E-state index contributed by atoms with van der Waals surface area (Å²) in [6, 6.07) is 8.20. The van der Waals surface area contributed by atoms with Gasteiger partial charge in [-0.25, -0.2) is 18.6 Å². The number of aliphatic hydroxyl groups is 1. The van der Waals surface area contributed by atoms with E-state index in [1.807, 2.05) is 26.8 Å². The second kappa shape index (κ2) is 8.08.